The Hall–Kier alpha value is -3.52. The summed E-state index contributed by atoms with van der Waals surface area (Å²) >= 11 is 0. The molecule has 0 aliphatic carbocycles. The molecule has 4 rings (SSSR count). The van der Waals surface area contributed by atoms with E-state index in [2.05, 4.69) is 12.2 Å². The van der Waals surface area contributed by atoms with Crippen molar-refractivity contribution in [2.24, 2.45) is 0 Å². The number of nitrogens with zero attached hydrogens (tertiary/aromatic N) is 1. The number of ether oxygens (including phenoxy) is 2. The molecule has 0 saturated carbocycles. The number of amides is 1. The first kappa shape index (κ1) is 24.6. The van der Waals surface area contributed by atoms with Crippen molar-refractivity contribution in [3.63, 3.8) is 0 Å². The van der Waals surface area contributed by atoms with Crippen molar-refractivity contribution in [1.29, 1.82) is 0 Å². The Labute approximate surface area is 206 Å². The molecule has 35 heavy (non-hydrogen) atoms. The first-order chi connectivity index (χ1) is 16.7. The second-order valence-corrected chi connectivity index (χ2v) is 10.5. The van der Waals surface area contributed by atoms with Gasteiger partial charge in [0.15, 0.2) is 6.10 Å². The summed E-state index contributed by atoms with van der Waals surface area (Å²) in [6.45, 7) is 5.72. The highest BCUT2D eigenvalue weighted by Crippen LogP contribution is 2.38. The van der Waals surface area contributed by atoms with Crippen molar-refractivity contribution < 1.29 is 22.7 Å². The lowest BCUT2D eigenvalue weighted by Gasteiger charge is -2.35. The number of sulfonamides is 1. The van der Waals surface area contributed by atoms with Crippen molar-refractivity contribution in [3.8, 4) is 11.5 Å². The molecule has 8 heteroatoms. The normalized spacial score (nSPS) is 16.1. The van der Waals surface area contributed by atoms with Crippen molar-refractivity contribution >= 4 is 21.6 Å². The number of hydrogen-bond acceptors (Lipinski definition) is 5. The second-order valence-electron chi connectivity index (χ2n) is 8.61. The summed E-state index contributed by atoms with van der Waals surface area (Å²) < 4.78 is 39.7. The number of aryl methyl sites for hydroxylation is 2. The number of carbonyl (C=O) groups excluding carboxylic acids is 1. The molecule has 0 aromatic heterocycles. The molecule has 0 saturated heterocycles. The Morgan fingerprint density at radius 2 is 1.80 bits per heavy atom. The zero-order valence-corrected chi connectivity index (χ0v) is 21.1. The van der Waals surface area contributed by atoms with E-state index in [1.54, 1.807) is 24.3 Å². The highest BCUT2D eigenvalue weighted by atomic mass is 32.2. The summed E-state index contributed by atoms with van der Waals surface area (Å²) in [6, 6.07) is 19.3. The molecule has 1 heterocycles. The summed E-state index contributed by atoms with van der Waals surface area (Å²) in [5.74, 6) is 0.526. The molecule has 1 aliphatic rings. The fraction of sp³-hybridized carbons (Fsp3) is 0.296. The Balaban J connectivity index is 1.61. The minimum Gasteiger partial charge on any atom is -0.497 e. The monoisotopic (exact) mass is 494 g/mol. The number of carbonyl (C=O) groups is 1. The van der Waals surface area contributed by atoms with Crippen LogP contribution in [0.5, 0.6) is 11.5 Å². The van der Waals surface area contributed by atoms with Crippen LogP contribution < -0.4 is 19.1 Å². The van der Waals surface area contributed by atoms with Gasteiger partial charge < -0.3 is 14.8 Å². The second kappa shape index (κ2) is 10.00. The number of benzene rings is 3. The summed E-state index contributed by atoms with van der Waals surface area (Å²) in [4.78, 5) is 13.3. The summed E-state index contributed by atoms with van der Waals surface area (Å²) in [5, 5.41) is 2.97. The van der Waals surface area contributed by atoms with E-state index >= 15 is 0 Å². The number of rotatable bonds is 7. The van der Waals surface area contributed by atoms with E-state index in [0.29, 0.717) is 17.2 Å². The van der Waals surface area contributed by atoms with Crippen LogP contribution in [-0.2, 0) is 21.2 Å². The molecular formula is C27H30N2O5S. The molecule has 3 aromatic rings. The average Bonchev–Trinajstić information content (AvgIpc) is 2.87. The lowest BCUT2D eigenvalue weighted by Crippen LogP contribution is -2.51. The van der Waals surface area contributed by atoms with E-state index in [9.17, 15) is 13.2 Å². The number of hydrogen-bond donors (Lipinski definition) is 1. The third kappa shape index (κ3) is 5.12. The van der Waals surface area contributed by atoms with E-state index in [4.69, 9.17) is 9.47 Å². The van der Waals surface area contributed by atoms with Gasteiger partial charge in [-0.15, -0.1) is 0 Å². The minimum atomic E-state index is -3.95. The van der Waals surface area contributed by atoms with E-state index in [0.717, 1.165) is 17.5 Å². The first-order valence-electron chi connectivity index (χ1n) is 11.6. The smallest absolute Gasteiger partial charge is 0.264 e. The molecule has 0 spiro atoms. The van der Waals surface area contributed by atoms with Gasteiger partial charge in [-0.2, -0.15) is 0 Å². The zero-order chi connectivity index (χ0) is 25.2. The van der Waals surface area contributed by atoms with Gasteiger partial charge >= 0.3 is 0 Å². The van der Waals surface area contributed by atoms with E-state index in [1.165, 1.54) is 29.1 Å². The zero-order valence-electron chi connectivity index (χ0n) is 20.3. The molecule has 0 bridgehead atoms. The maximum atomic E-state index is 13.6. The van der Waals surface area contributed by atoms with Gasteiger partial charge in [0.25, 0.3) is 15.9 Å². The predicted octanol–water partition coefficient (Wildman–Crippen LogP) is 4.40. The van der Waals surface area contributed by atoms with Gasteiger partial charge in [-0.05, 0) is 73.4 Å². The van der Waals surface area contributed by atoms with Crippen molar-refractivity contribution in [2.45, 2.75) is 44.2 Å². The van der Waals surface area contributed by atoms with Crippen LogP contribution in [0.4, 0.5) is 5.69 Å². The Kier molecular flexibility index (Phi) is 7.03. The maximum absolute atomic E-state index is 13.6. The van der Waals surface area contributed by atoms with Gasteiger partial charge in [0, 0.05) is 0 Å². The van der Waals surface area contributed by atoms with Gasteiger partial charge in [0.1, 0.15) is 11.5 Å². The molecule has 2 atom stereocenters. The van der Waals surface area contributed by atoms with Gasteiger partial charge in [-0.1, -0.05) is 37.3 Å². The SMILES string of the molecule is CCc1ccc([C@H](C)NC(=O)[C@H]2CN(S(=O)(=O)c3ccc(OC)cc3)c3cc(C)ccc3O2)cc1. The molecule has 0 fully saturated rings. The van der Waals surface area contributed by atoms with E-state index < -0.39 is 16.1 Å². The molecule has 184 valence electrons. The van der Waals surface area contributed by atoms with Gasteiger partial charge in [0.05, 0.1) is 30.3 Å². The van der Waals surface area contributed by atoms with E-state index in [-0.39, 0.29) is 23.4 Å². The van der Waals surface area contributed by atoms with Crippen molar-refractivity contribution in [2.75, 3.05) is 18.0 Å². The van der Waals surface area contributed by atoms with Crippen molar-refractivity contribution in [1.82, 2.24) is 5.32 Å². The molecule has 0 radical (unpaired) electrons. The predicted molar refractivity (Wildman–Crippen MR) is 135 cm³/mol. The van der Waals surface area contributed by atoms with Crippen LogP contribution in [0.2, 0.25) is 0 Å². The van der Waals surface area contributed by atoms with Gasteiger partial charge in [-0.25, -0.2) is 8.42 Å². The maximum Gasteiger partial charge on any atom is 0.264 e. The lowest BCUT2D eigenvalue weighted by atomic mass is 10.0. The van der Waals surface area contributed by atoms with Crippen LogP contribution in [0.25, 0.3) is 0 Å². The van der Waals surface area contributed by atoms with Gasteiger partial charge in [0.2, 0.25) is 0 Å². The Bertz CT molecular complexity index is 1300. The first-order valence-corrected chi connectivity index (χ1v) is 13.0. The summed E-state index contributed by atoms with van der Waals surface area (Å²) in [6.07, 6.45) is -0.0653. The highest BCUT2D eigenvalue weighted by molar-refractivity contribution is 7.92. The third-order valence-corrected chi connectivity index (χ3v) is 7.96. The average molecular weight is 495 g/mol. The highest BCUT2D eigenvalue weighted by Gasteiger charge is 2.38. The third-order valence-electron chi connectivity index (χ3n) is 6.17. The molecule has 1 N–H and O–H groups in total. The fourth-order valence-corrected chi connectivity index (χ4v) is 5.50. The lowest BCUT2D eigenvalue weighted by molar-refractivity contribution is -0.128. The Morgan fingerprint density at radius 3 is 2.43 bits per heavy atom. The molecule has 0 unspecified atom stereocenters. The topological polar surface area (TPSA) is 84.9 Å². The van der Waals surface area contributed by atoms with Crippen LogP contribution in [0.1, 0.15) is 36.6 Å². The van der Waals surface area contributed by atoms with Crippen LogP contribution in [0.15, 0.2) is 71.6 Å². The molecule has 7 nitrogen and oxygen atoms in total. The van der Waals surface area contributed by atoms with Crippen LogP contribution in [0.3, 0.4) is 0 Å². The number of methoxy groups -OCH3 is 1. The Morgan fingerprint density at radius 1 is 1.11 bits per heavy atom. The number of fused-ring (bicyclic) bond motifs is 1. The summed E-state index contributed by atoms with van der Waals surface area (Å²) in [5.41, 5.74) is 3.47. The quantitative estimate of drug-likeness (QED) is 0.526. The number of nitrogens with one attached hydrogen (secondary N) is 1. The largest absolute Gasteiger partial charge is 0.497 e. The molecule has 1 amide bonds. The van der Waals surface area contributed by atoms with Gasteiger partial charge in [-0.3, -0.25) is 9.10 Å². The van der Waals surface area contributed by atoms with Crippen LogP contribution in [-0.4, -0.2) is 34.1 Å². The van der Waals surface area contributed by atoms with Crippen LogP contribution >= 0.6 is 0 Å². The minimum absolute atomic E-state index is 0.108. The number of anilines is 1. The van der Waals surface area contributed by atoms with Crippen LogP contribution in [0, 0.1) is 6.92 Å². The summed E-state index contributed by atoms with van der Waals surface area (Å²) in [7, 11) is -2.43. The molecule has 3 aromatic carbocycles. The fourth-order valence-electron chi connectivity index (χ4n) is 4.03. The van der Waals surface area contributed by atoms with Crippen molar-refractivity contribution in [3.05, 3.63) is 83.4 Å². The van der Waals surface area contributed by atoms with E-state index in [1.807, 2.05) is 44.2 Å². The molecule has 1 aliphatic heterocycles. The standard InChI is InChI=1S/C27H30N2O5S/c1-5-20-7-9-21(10-8-20)19(3)28-27(30)26-17-29(24-16-18(2)6-15-25(24)34-26)35(31,32)23-13-11-22(33-4)12-14-23/h6-16,19,26H,5,17H2,1-4H3,(H,28,30)/t19-,26+/m0/s1. The molecular weight excluding hydrogens is 464 g/mol.